The minimum Gasteiger partial charge on any atom is -0.309 e. The average Bonchev–Trinajstić information content (AvgIpc) is 2.77. The van der Waals surface area contributed by atoms with Crippen LogP contribution in [0.25, 0.3) is 5.69 Å². The predicted octanol–water partition coefficient (Wildman–Crippen LogP) is 2.66. The van der Waals surface area contributed by atoms with Gasteiger partial charge in [-0.2, -0.15) is 0 Å². The fraction of sp³-hybridized carbons (Fsp3) is 0.385. The number of aromatic nitrogens is 3. The van der Waals surface area contributed by atoms with E-state index in [0.717, 1.165) is 18.7 Å². The lowest BCUT2D eigenvalue weighted by Gasteiger charge is -2.10. The molecule has 0 aliphatic rings. The van der Waals surface area contributed by atoms with E-state index in [1.807, 2.05) is 13.8 Å². The summed E-state index contributed by atoms with van der Waals surface area (Å²) >= 11 is 0. The summed E-state index contributed by atoms with van der Waals surface area (Å²) in [4.78, 5) is 0. The number of nitrogens with one attached hydrogen (secondary N) is 1. The van der Waals surface area contributed by atoms with Crippen molar-refractivity contribution in [2.75, 3.05) is 6.54 Å². The van der Waals surface area contributed by atoms with Crippen molar-refractivity contribution in [2.45, 2.75) is 26.8 Å². The molecule has 1 N–H and O–H groups in total. The first-order valence-electron chi connectivity index (χ1n) is 6.26. The van der Waals surface area contributed by atoms with Crippen LogP contribution in [0.4, 0.5) is 13.2 Å². The van der Waals surface area contributed by atoms with Crippen LogP contribution in [0.5, 0.6) is 0 Å². The van der Waals surface area contributed by atoms with Crippen LogP contribution in [-0.4, -0.2) is 21.5 Å². The Bertz CT molecular complexity index is 601. The van der Waals surface area contributed by atoms with Crippen LogP contribution < -0.4 is 5.32 Å². The van der Waals surface area contributed by atoms with E-state index in [1.54, 1.807) is 6.92 Å². The zero-order valence-electron chi connectivity index (χ0n) is 11.4. The maximum atomic E-state index is 13.3. The highest BCUT2D eigenvalue weighted by atomic mass is 19.2. The molecule has 0 bridgehead atoms. The summed E-state index contributed by atoms with van der Waals surface area (Å²) in [6.07, 6.45) is 0. The maximum absolute atomic E-state index is 13.3. The number of halogens is 3. The Morgan fingerprint density at radius 1 is 1.25 bits per heavy atom. The molecule has 1 heterocycles. The fourth-order valence-corrected chi connectivity index (χ4v) is 2.05. The molecule has 0 fully saturated rings. The van der Waals surface area contributed by atoms with E-state index in [4.69, 9.17) is 0 Å². The minimum absolute atomic E-state index is 0.0381. The van der Waals surface area contributed by atoms with Crippen molar-refractivity contribution >= 4 is 0 Å². The van der Waals surface area contributed by atoms with Crippen molar-refractivity contribution in [2.24, 2.45) is 0 Å². The van der Waals surface area contributed by atoms with Gasteiger partial charge in [0.25, 0.3) is 0 Å². The van der Waals surface area contributed by atoms with Gasteiger partial charge in [0, 0.05) is 12.1 Å². The molecular weight excluding hydrogens is 269 g/mol. The van der Waals surface area contributed by atoms with Gasteiger partial charge in [0.1, 0.15) is 5.69 Å². The Morgan fingerprint density at radius 2 is 1.85 bits per heavy atom. The van der Waals surface area contributed by atoms with Crippen molar-refractivity contribution in [3.63, 3.8) is 0 Å². The topological polar surface area (TPSA) is 42.7 Å². The average molecular weight is 284 g/mol. The van der Waals surface area contributed by atoms with Gasteiger partial charge >= 0.3 is 0 Å². The summed E-state index contributed by atoms with van der Waals surface area (Å²) in [6.45, 7) is 6.37. The van der Waals surface area contributed by atoms with Crippen LogP contribution in [0, 0.1) is 24.4 Å². The normalized spacial score (nSPS) is 12.7. The van der Waals surface area contributed by atoms with Gasteiger partial charge in [0.05, 0.1) is 17.4 Å². The number of hydrogen-bond acceptors (Lipinski definition) is 3. The van der Waals surface area contributed by atoms with Crippen molar-refractivity contribution in [1.29, 1.82) is 0 Å². The van der Waals surface area contributed by atoms with Gasteiger partial charge in [0.2, 0.25) is 0 Å². The van der Waals surface area contributed by atoms with E-state index >= 15 is 0 Å². The lowest BCUT2D eigenvalue weighted by Crippen LogP contribution is -2.19. The fourth-order valence-electron chi connectivity index (χ4n) is 2.05. The lowest BCUT2D eigenvalue weighted by atomic mass is 10.2. The highest BCUT2D eigenvalue weighted by Gasteiger charge is 2.18. The van der Waals surface area contributed by atoms with Crippen molar-refractivity contribution in [1.82, 2.24) is 20.3 Å². The van der Waals surface area contributed by atoms with Gasteiger partial charge in [-0.1, -0.05) is 12.1 Å². The SMILES string of the molecule is CCNC(C)c1nnn(-c2cc(F)c(F)c(F)c2)c1C. The molecule has 7 heteroatoms. The Labute approximate surface area is 114 Å². The number of hydrogen-bond donors (Lipinski definition) is 1. The monoisotopic (exact) mass is 284 g/mol. The molecule has 20 heavy (non-hydrogen) atoms. The van der Waals surface area contributed by atoms with Crippen LogP contribution in [0.15, 0.2) is 12.1 Å². The van der Waals surface area contributed by atoms with Crippen LogP contribution >= 0.6 is 0 Å². The van der Waals surface area contributed by atoms with Gasteiger partial charge in [0.15, 0.2) is 17.5 Å². The summed E-state index contributed by atoms with van der Waals surface area (Å²) in [7, 11) is 0. The van der Waals surface area contributed by atoms with Crippen LogP contribution in [0.2, 0.25) is 0 Å². The van der Waals surface area contributed by atoms with Gasteiger partial charge in [-0.25, -0.2) is 17.9 Å². The van der Waals surface area contributed by atoms with E-state index < -0.39 is 17.5 Å². The highest BCUT2D eigenvalue weighted by Crippen LogP contribution is 2.20. The molecule has 1 atom stereocenters. The second-order valence-electron chi connectivity index (χ2n) is 4.47. The van der Waals surface area contributed by atoms with Gasteiger partial charge in [-0.05, 0) is 20.4 Å². The molecule has 2 rings (SSSR count). The van der Waals surface area contributed by atoms with Gasteiger partial charge < -0.3 is 5.32 Å². The number of nitrogens with zero attached hydrogens (tertiary/aromatic N) is 3. The summed E-state index contributed by atoms with van der Waals surface area (Å²) in [6, 6.07) is 1.74. The lowest BCUT2D eigenvalue weighted by molar-refractivity contribution is 0.445. The van der Waals surface area contributed by atoms with Crippen LogP contribution in [-0.2, 0) is 0 Å². The largest absolute Gasteiger partial charge is 0.309 e. The Balaban J connectivity index is 2.44. The Morgan fingerprint density at radius 3 is 2.40 bits per heavy atom. The smallest absolute Gasteiger partial charge is 0.194 e. The second-order valence-corrected chi connectivity index (χ2v) is 4.47. The minimum atomic E-state index is -1.49. The van der Waals surface area contributed by atoms with E-state index in [-0.39, 0.29) is 11.7 Å². The number of rotatable bonds is 4. The van der Waals surface area contributed by atoms with Gasteiger partial charge in [-0.3, -0.25) is 0 Å². The molecule has 1 aromatic heterocycles. The summed E-state index contributed by atoms with van der Waals surface area (Å²) < 4.78 is 40.8. The highest BCUT2D eigenvalue weighted by molar-refractivity contribution is 5.35. The quantitative estimate of drug-likeness (QED) is 0.878. The first kappa shape index (κ1) is 14.5. The van der Waals surface area contributed by atoms with Gasteiger partial charge in [-0.15, -0.1) is 5.10 Å². The molecule has 1 aromatic carbocycles. The third-order valence-corrected chi connectivity index (χ3v) is 3.06. The number of benzene rings is 1. The third kappa shape index (κ3) is 2.53. The van der Waals surface area contributed by atoms with E-state index in [1.165, 1.54) is 4.68 Å². The summed E-state index contributed by atoms with van der Waals surface area (Å²) in [5.41, 5.74) is 1.42. The molecule has 0 spiro atoms. The molecule has 4 nitrogen and oxygen atoms in total. The standard InChI is InChI=1S/C13H15F3N4/c1-4-17-7(2)13-8(3)20(19-18-13)9-5-10(14)12(16)11(15)6-9/h5-7,17H,4H2,1-3H3. The van der Waals surface area contributed by atoms with Crippen molar-refractivity contribution in [3.8, 4) is 5.69 Å². The van der Waals surface area contributed by atoms with Crippen LogP contribution in [0.1, 0.15) is 31.3 Å². The molecule has 0 aliphatic heterocycles. The van der Waals surface area contributed by atoms with E-state index in [0.29, 0.717) is 11.4 Å². The van der Waals surface area contributed by atoms with E-state index in [9.17, 15) is 13.2 Å². The van der Waals surface area contributed by atoms with E-state index in [2.05, 4.69) is 15.6 Å². The van der Waals surface area contributed by atoms with Crippen molar-refractivity contribution in [3.05, 3.63) is 41.0 Å². The van der Waals surface area contributed by atoms with Crippen molar-refractivity contribution < 1.29 is 13.2 Å². The third-order valence-electron chi connectivity index (χ3n) is 3.06. The first-order chi connectivity index (χ1) is 9.45. The molecule has 0 saturated heterocycles. The molecule has 0 amide bonds. The molecule has 1 unspecified atom stereocenters. The Hall–Kier alpha value is -1.89. The summed E-state index contributed by atoms with van der Waals surface area (Å²) in [5, 5.41) is 11.1. The predicted molar refractivity (Wildman–Crippen MR) is 68.1 cm³/mol. The zero-order valence-corrected chi connectivity index (χ0v) is 11.4. The molecule has 0 saturated carbocycles. The first-order valence-corrected chi connectivity index (χ1v) is 6.26. The van der Waals surface area contributed by atoms with Crippen LogP contribution in [0.3, 0.4) is 0 Å². The molecule has 0 aliphatic carbocycles. The summed E-state index contributed by atoms with van der Waals surface area (Å²) in [5.74, 6) is -4.00. The molecule has 108 valence electrons. The maximum Gasteiger partial charge on any atom is 0.194 e. The molecular formula is C13H15F3N4. The molecule has 0 radical (unpaired) electrons. The molecule has 2 aromatic rings. The Kier molecular flexibility index (Phi) is 4.08. The zero-order chi connectivity index (χ0) is 14.9. The second kappa shape index (κ2) is 5.62.